The van der Waals surface area contributed by atoms with Crippen LogP contribution in [0, 0.1) is 0 Å². The molecule has 2 aromatic heterocycles. The van der Waals surface area contributed by atoms with E-state index in [0.29, 0.717) is 21.7 Å². The van der Waals surface area contributed by atoms with Crippen LogP contribution in [0.15, 0.2) is 42.7 Å². The van der Waals surface area contributed by atoms with Crippen LogP contribution in [0.1, 0.15) is 24.6 Å². The number of methoxy groups -OCH3 is 1. The van der Waals surface area contributed by atoms with Gasteiger partial charge in [-0.1, -0.05) is 64.5 Å². The van der Waals surface area contributed by atoms with E-state index in [9.17, 15) is 13.6 Å². The Morgan fingerprint density at radius 1 is 1.43 bits per heavy atom. The first-order valence-electron chi connectivity index (χ1n) is 8.46. The van der Waals surface area contributed by atoms with Crippen molar-refractivity contribution in [2.45, 2.75) is 29.6 Å². The van der Waals surface area contributed by atoms with Crippen LogP contribution in [0.3, 0.4) is 0 Å². The summed E-state index contributed by atoms with van der Waals surface area (Å²) in [5.41, 5.74) is -0.159. The number of fused-ring (bicyclic) bond motifs is 1. The molecule has 2 heterocycles. The maximum atomic E-state index is 12.9. The third-order valence-corrected chi connectivity index (χ3v) is 7.86. The summed E-state index contributed by atoms with van der Waals surface area (Å²) in [5, 5.41) is 1.10. The minimum atomic E-state index is -2.43. The van der Waals surface area contributed by atoms with Gasteiger partial charge >= 0.3 is 5.97 Å². The highest BCUT2D eigenvalue weighted by Crippen LogP contribution is 2.63. The SMILES string of the molecule is COC(=O)C1(N(c2cn3cc(CBr)nc3s2)S(=O)O)CC1(C)c1ccccc1. The number of imidazole rings is 1. The molecular formula is C18H18BrN3O4S2. The van der Waals surface area contributed by atoms with E-state index in [1.165, 1.54) is 22.8 Å². The molecule has 3 unspecified atom stereocenters. The molecule has 148 valence electrons. The molecule has 0 spiro atoms. The van der Waals surface area contributed by atoms with E-state index in [1.807, 2.05) is 43.5 Å². The van der Waals surface area contributed by atoms with Gasteiger partial charge in [-0.25, -0.2) is 18.3 Å². The van der Waals surface area contributed by atoms with E-state index in [1.54, 1.807) is 10.6 Å². The van der Waals surface area contributed by atoms with Crippen LogP contribution in [-0.2, 0) is 31.5 Å². The Labute approximate surface area is 176 Å². The van der Waals surface area contributed by atoms with Crippen LogP contribution in [0.5, 0.6) is 0 Å². The molecule has 0 radical (unpaired) electrons. The number of ether oxygens (including phenoxy) is 1. The van der Waals surface area contributed by atoms with Gasteiger partial charge in [0.1, 0.15) is 5.00 Å². The lowest BCUT2D eigenvalue weighted by atomic mass is 9.92. The zero-order valence-electron chi connectivity index (χ0n) is 15.2. The van der Waals surface area contributed by atoms with Gasteiger partial charge in [-0.05, 0) is 12.0 Å². The number of nitrogens with zero attached hydrogens (tertiary/aromatic N) is 3. The van der Waals surface area contributed by atoms with Crippen molar-refractivity contribution in [1.82, 2.24) is 9.38 Å². The maximum Gasteiger partial charge on any atom is 0.333 e. The van der Waals surface area contributed by atoms with Crippen LogP contribution in [-0.4, -0.2) is 36.8 Å². The molecule has 1 aliphatic carbocycles. The highest BCUT2D eigenvalue weighted by atomic mass is 79.9. The molecular weight excluding hydrogens is 466 g/mol. The highest BCUT2D eigenvalue weighted by Gasteiger charge is 2.76. The fourth-order valence-electron chi connectivity index (χ4n) is 3.85. The smallest absolute Gasteiger partial charge is 0.333 e. The Balaban J connectivity index is 1.84. The maximum absolute atomic E-state index is 12.9. The van der Waals surface area contributed by atoms with E-state index < -0.39 is 28.2 Å². The van der Waals surface area contributed by atoms with E-state index in [2.05, 4.69) is 20.9 Å². The van der Waals surface area contributed by atoms with Gasteiger partial charge in [-0.3, -0.25) is 8.95 Å². The van der Waals surface area contributed by atoms with Gasteiger partial charge in [0, 0.05) is 23.1 Å². The molecule has 0 bridgehead atoms. The third kappa shape index (κ3) is 2.73. The van der Waals surface area contributed by atoms with Gasteiger partial charge in [0.05, 0.1) is 12.8 Å². The Morgan fingerprint density at radius 2 is 2.14 bits per heavy atom. The molecule has 28 heavy (non-hydrogen) atoms. The number of rotatable bonds is 6. The number of halogens is 1. The standard InChI is InChI=1S/C18H18BrN3O4S2/c1-17(12-6-4-3-5-7-12)11-18(17,15(23)26-2)22(28(24)25)14-10-21-9-13(8-19)20-16(21)27-14/h3-7,9-10H,8,11H2,1-2H3,(H,24,25). The zero-order chi connectivity index (χ0) is 20.1. The molecule has 1 fully saturated rings. The summed E-state index contributed by atoms with van der Waals surface area (Å²) in [6, 6.07) is 9.52. The van der Waals surface area contributed by atoms with E-state index in [4.69, 9.17) is 4.74 Å². The number of benzene rings is 1. The van der Waals surface area contributed by atoms with Gasteiger partial charge < -0.3 is 4.74 Å². The predicted molar refractivity (Wildman–Crippen MR) is 112 cm³/mol. The molecule has 0 amide bonds. The summed E-state index contributed by atoms with van der Waals surface area (Å²) in [6.45, 7) is 1.92. The summed E-state index contributed by atoms with van der Waals surface area (Å²) in [6.07, 6.45) is 3.94. The second-order valence-corrected chi connectivity index (χ2v) is 9.25. The molecule has 1 N–H and O–H groups in total. The Kier molecular flexibility index (Phi) is 4.85. The van der Waals surface area contributed by atoms with Crippen molar-refractivity contribution < 1.29 is 18.3 Å². The number of carbonyl (C=O) groups is 1. The zero-order valence-corrected chi connectivity index (χ0v) is 18.4. The largest absolute Gasteiger partial charge is 0.467 e. The molecule has 3 aromatic rings. The van der Waals surface area contributed by atoms with Gasteiger partial charge in [0.15, 0.2) is 10.5 Å². The minimum absolute atomic E-state index is 0.371. The van der Waals surface area contributed by atoms with Gasteiger partial charge in [0.2, 0.25) is 0 Å². The molecule has 0 saturated heterocycles. The number of aromatic nitrogens is 2. The van der Waals surface area contributed by atoms with Crippen molar-refractivity contribution in [1.29, 1.82) is 0 Å². The van der Waals surface area contributed by atoms with Gasteiger partial charge in [-0.15, -0.1) is 0 Å². The molecule has 0 aliphatic heterocycles. The van der Waals surface area contributed by atoms with Crippen molar-refractivity contribution in [2.75, 3.05) is 11.4 Å². The van der Waals surface area contributed by atoms with Crippen molar-refractivity contribution in [2.24, 2.45) is 0 Å². The first-order chi connectivity index (χ1) is 13.4. The Morgan fingerprint density at radius 3 is 2.71 bits per heavy atom. The molecule has 3 atom stereocenters. The second kappa shape index (κ2) is 6.94. The topological polar surface area (TPSA) is 84.1 Å². The normalized spacial score (nSPS) is 24.9. The highest BCUT2D eigenvalue weighted by molar-refractivity contribution is 9.08. The molecule has 7 nitrogen and oxygen atoms in total. The molecule has 1 aliphatic rings. The fraction of sp³-hybridized carbons (Fsp3) is 0.333. The van der Waals surface area contributed by atoms with Gasteiger partial charge in [0.25, 0.3) is 11.3 Å². The second-order valence-electron chi connectivity index (χ2n) is 6.88. The quantitative estimate of drug-likeness (QED) is 0.329. The number of esters is 1. The lowest BCUT2D eigenvalue weighted by molar-refractivity contribution is -0.143. The fourth-order valence-corrected chi connectivity index (χ4v) is 6.20. The number of thiazole rings is 1. The average Bonchev–Trinajstić information content (AvgIpc) is 2.96. The summed E-state index contributed by atoms with van der Waals surface area (Å²) in [4.78, 5) is 18.1. The van der Waals surface area contributed by atoms with E-state index in [0.717, 1.165) is 11.3 Å². The van der Waals surface area contributed by atoms with Crippen molar-refractivity contribution in [3.63, 3.8) is 0 Å². The Hall–Kier alpha value is -1.75. The number of carbonyl (C=O) groups excluding carboxylic acids is 1. The van der Waals surface area contributed by atoms with Crippen LogP contribution in [0.4, 0.5) is 5.00 Å². The predicted octanol–water partition coefficient (Wildman–Crippen LogP) is 3.51. The average molecular weight is 484 g/mol. The van der Waals surface area contributed by atoms with Crippen molar-refractivity contribution in [3.8, 4) is 0 Å². The number of hydrogen-bond acceptors (Lipinski definition) is 5. The Bertz CT molecular complexity index is 1040. The summed E-state index contributed by atoms with van der Waals surface area (Å²) in [5.74, 6) is -0.534. The van der Waals surface area contributed by atoms with E-state index >= 15 is 0 Å². The van der Waals surface area contributed by atoms with Crippen LogP contribution in [0.2, 0.25) is 0 Å². The van der Waals surface area contributed by atoms with Crippen LogP contribution in [0.25, 0.3) is 4.96 Å². The lowest BCUT2D eigenvalue weighted by Gasteiger charge is -2.30. The summed E-state index contributed by atoms with van der Waals surface area (Å²) < 4.78 is 30.8. The molecule has 1 aromatic carbocycles. The van der Waals surface area contributed by atoms with Crippen LogP contribution >= 0.6 is 27.3 Å². The number of anilines is 1. The van der Waals surface area contributed by atoms with Crippen LogP contribution < -0.4 is 4.31 Å². The number of hydrogen-bond donors (Lipinski definition) is 1. The van der Waals surface area contributed by atoms with Crippen molar-refractivity contribution in [3.05, 3.63) is 54.0 Å². The molecule has 1 saturated carbocycles. The van der Waals surface area contributed by atoms with E-state index in [-0.39, 0.29) is 0 Å². The summed E-state index contributed by atoms with van der Waals surface area (Å²) in [7, 11) is 1.30. The summed E-state index contributed by atoms with van der Waals surface area (Å²) >= 11 is 2.20. The molecule has 10 heteroatoms. The van der Waals surface area contributed by atoms with Gasteiger partial charge in [-0.2, -0.15) is 0 Å². The number of alkyl halides is 1. The molecule has 4 rings (SSSR count). The minimum Gasteiger partial charge on any atom is -0.467 e. The monoisotopic (exact) mass is 483 g/mol. The third-order valence-electron chi connectivity index (χ3n) is 5.36. The first-order valence-corrected chi connectivity index (χ1v) is 11.5. The lowest BCUT2D eigenvalue weighted by Crippen LogP contribution is -2.50. The van der Waals surface area contributed by atoms with Crippen molar-refractivity contribution >= 4 is 54.5 Å². The first kappa shape index (κ1) is 19.6.